The molecule has 1 atom stereocenters. The summed E-state index contributed by atoms with van der Waals surface area (Å²) in [6.45, 7) is 1.91. The molecule has 3 rings (SSSR count). The average molecular weight is 334 g/mol. The molecule has 1 unspecified atom stereocenters. The minimum absolute atomic E-state index is 0.293. The Morgan fingerprint density at radius 3 is 2.75 bits per heavy atom. The summed E-state index contributed by atoms with van der Waals surface area (Å²) in [6, 6.07) is 11.8. The largest absolute Gasteiger partial charge is 0.458 e. The predicted molar refractivity (Wildman–Crippen MR) is 81.1 cm³/mol. The molecular weight excluding hydrogens is 321 g/mol. The van der Waals surface area contributed by atoms with Crippen molar-refractivity contribution < 1.29 is 8.81 Å². The van der Waals surface area contributed by atoms with E-state index in [9.17, 15) is 4.39 Å². The Balaban J connectivity index is 2.10. The van der Waals surface area contributed by atoms with Gasteiger partial charge in [0, 0.05) is 5.39 Å². The number of furan rings is 1. The van der Waals surface area contributed by atoms with Gasteiger partial charge in [-0.3, -0.25) is 0 Å². The zero-order valence-electron chi connectivity index (χ0n) is 10.9. The molecule has 2 N–H and O–H groups in total. The van der Waals surface area contributed by atoms with E-state index in [4.69, 9.17) is 10.2 Å². The molecule has 0 saturated carbocycles. The fourth-order valence-corrected chi connectivity index (χ4v) is 2.76. The summed E-state index contributed by atoms with van der Waals surface area (Å²) in [7, 11) is 0. The Bertz CT molecular complexity index is 781. The Kier molecular flexibility index (Phi) is 3.36. The molecule has 0 saturated heterocycles. The molecule has 0 bridgehead atoms. The van der Waals surface area contributed by atoms with Gasteiger partial charge in [0.25, 0.3) is 0 Å². The van der Waals surface area contributed by atoms with Crippen LogP contribution in [0.15, 0.2) is 51.4 Å². The van der Waals surface area contributed by atoms with Gasteiger partial charge < -0.3 is 10.2 Å². The third-order valence-corrected chi connectivity index (χ3v) is 4.02. The molecule has 0 spiro atoms. The van der Waals surface area contributed by atoms with Gasteiger partial charge in [0.1, 0.15) is 17.2 Å². The van der Waals surface area contributed by atoms with E-state index in [0.717, 1.165) is 26.6 Å². The van der Waals surface area contributed by atoms with Crippen LogP contribution in [0.1, 0.15) is 22.9 Å². The number of rotatable bonds is 2. The van der Waals surface area contributed by atoms with Crippen LogP contribution in [-0.2, 0) is 0 Å². The Hall–Kier alpha value is -1.65. The quantitative estimate of drug-likeness (QED) is 0.738. The van der Waals surface area contributed by atoms with Crippen molar-refractivity contribution in [3.63, 3.8) is 0 Å². The second-order valence-electron chi connectivity index (χ2n) is 4.79. The molecule has 0 fully saturated rings. The number of fused-ring (bicyclic) bond motifs is 1. The topological polar surface area (TPSA) is 39.2 Å². The lowest BCUT2D eigenvalue weighted by molar-refractivity contribution is 0.521. The van der Waals surface area contributed by atoms with Gasteiger partial charge in [0.15, 0.2) is 0 Å². The first-order chi connectivity index (χ1) is 9.56. The molecule has 0 aliphatic carbocycles. The number of para-hydroxylation sites is 1. The van der Waals surface area contributed by atoms with Crippen LogP contribution in [0.3, 0.4) is 0 Å². The van der Waals surface area contributed by atoms with Crippen molar-refractivity contribution in [2.75, 3.05) is 0 Å². The van der Waals surface area contributed by atoms with E-state index in [1.165, 1.54) is 12.1 Å². The molecule has 4 heteroatoms. The highest BCUT2D eigenvalue weighted by molar-refractivity contribution is 9.10. The van der Waals surface area contributed by atoms with Gasteiger partial charge in [-0.25, -0.2) is 4.39 Å². The van der Waals surface area contributed by atoms with Gasteiger partial charge in [-0.05, 0) is 58.2 Å². The third-order valence-electron chi connectivity index (χ3n) is 3.40. The number of nitrogens with two attached hydrogens (primary N) is 1. The number of hydrogen-bond acceptors (Lipinski definition) is 2. The maximum Gasteiger partial charge on any atom is 0.148 e. The van der Waals surface area contributed by atoms with E-state index in [0.29, 0.717) is 5.76 Å². The Labute approximate surface area is 124 Å². The van der Waals surface area contributed by atoms with E-state index in [-0.39, 0.29) is 5.82 Å². The van der Waals surface area contributed by atoms with E-state index >= 15 is 0 Å². The van der Waals surface area contributed by atoms with Crippen LogP contribution in [0, 0.1) is 12.7 Å². The fraction of sp³-hybridized carbons (Fsp3) is 0.125. The van der Waals surface area contributed by atoms with Crippen molar-refractivity contribution in [1.82, 2.24) is 0 Å². The molecule has 2 aromatic carbocycles. The van der Waals surface area contributed by atoms with Crippen LogP contribution < -0.4 is 5.73 Å². The van der Waals surface area contributed by atoms with Gasteiger partial charge in [-0.15, -0.1) is 0 Å². The zero-order valence-corrected chi connectivity index (χ0v) is 12.4. The normalized spacial score (nSPS) is 12.8. The summed E-state index contributed by atoms with van der Waals surface area (Å²) in [5.74, 6) is 0.332. The molecule has 0 aliphatic rings. The first-order valence-corrected chi connectivity index (χ1v) is 7.05. The number of benzene rings is 2. The summed E-state index contributed by atoms with van der Waals surface area (Å²) in [5, 5.41) is 0.971. The molecule has 20 heavy (non-hydrogen) atoms. The number of aryl methyl sites for hydroxylation is 1. The van der Waals surface area contributed by atoms with Gasteiger partial charge >= 0.3 is 0 Å². The summed E-state index contributed by atoms with van der Waals surface area (Å²) < 4.78 is 20.1. The number of halogens is 2. The lowest BCUT2D eigenvalue weighted by Crippen LogP contribution is -2.12. The highest BCUT2D eigenvalue weighted by Gasteiger charge is 2.17. The van der Waals surface area contributed by atoms with Crippen LogP contribution in [-0.4, -0.2) is 0 Å². The maximum absolute atomic E-state index is 13.4. The van der Waals surface area contributed by atoms with Crippen molar-refractivity contribution in [2.24, 2.45) is 5.73 Å². The molecule has 0 amide bonds. The summed E-state index contributed by atoms with van der Waals surface area (Å²) in [6.07, 6.45) is 0. The monoisotopic (exact) mass is 333 g/mol. The predicted octanol–water partition coefficient (Wildman–Crippen LogP) is 4.69. The van der Waals surface area contributed by atoms with E-state index in [1.54, 1.807) is 6.07 Å². The molecule has 2 nitrogen and oxygen atoms in total. The van der Waals surface area contributed by atoms with Gasteiger partial charge in [0.05, 0.1) is 10.5 Å². The standard InChI is InChI=1S/C16H13BrFNO/c1-9-5-6-11(18)8-12(9)15(19)14-7-10-3-2-4-13(17)16(10)20-14/h2-8,15H,19H2,1H3. The molecule has 3 aromatic rings. The average Bonchev–Trinajstić information content (AvgIpc) is 2.86. The van der Waals surface area contributed by atoms with Crippen LogP contribution >= 0.6 is 15.9 Å². The van der Waals surface area contributed by atoms with Crippen LogP contribution in [0.25, 0.3) is 11.0 Å². The fourth-order valence-electron chi connectivity index (χ4n) is 2.30. The number of hydrogen-bond donors (Lipinski definition) is 1. The third kappa shape index (κ3) is 2.25. The van der Waals surface area contributed by atoms with Gasteiger partial charge in [0.2, 0.25) is 0 Å². The molecular formula is C16H13BrFNO. The van der Waals surface area contributed by atoms with Crippen molar-refractivity contribution in [3.05, 3.63) is 69.6 Å². The second-order valence-corrected chi connectivity index (χ2v) is 5.64. The summed E-state index contributed by atoms with van der Waals surface area (Å²) >= 11 is 3.45. The highest BCUT2D eigenvalue weighted by atomic mass is 79.9. The first kappa shape index (κ1) is 13.3. The van der Waals surface area contributed by atoms with Crippen molar-refractivity contribution >= 4 is 26.9 Å². The van der Waals surface area contributed by atoms with Crippen molar-refractivity contribution in [1.29, 1.82) is 0 Å². The van der Waals surface area contributed by atoms with Crippen LogP contribution in [0.4, 0.5) is 4.39 Å². The van der Waals surface area contributed by atoms with Gasteiger partial charge in [-0.1, -0.05) is 18.2 Å². The van der Waals surface area contributed by atoms with E-state index in [1.807, 2.05) is 31.2 Å². The minimum Gasteiger partial charge on any atom is -0.458 e. The SMILES string of the molecule is Cc1ccc(F)cc1C(N)c1cc2cccc(Br)c2o1. The van der Waals surface area contributed by atoms with E-state index in [2.05, 4.69) is 15.9 Å². The Morgan fingerprint density at radius 2 is 2.00 bits per heavy atom. The molecule has 0 aliphatic heterocycles. The first-order valence-electron chi connectivity index (χ1n) is 6.26. The highest BCUT2D eigenvalue weighted by Crippen LogP contribution is 2.32. The van der Waals surface area contributed by atoms with Crippen molar-refractivity contribution in [2.45, 2.75) is 13.0 Å². The summed E-state index contributed by atoms with van der Waals surface area (Å²) in [4.78, 5) is 0. The van der Waals surface area contributed by atoms with Crippen molar-refractivity contribution in [3.8, 4) is 0 Å². The smallest absolute Gasteiger partial charge is 0.148 e. The second kappa shape index (κ2) is 5.04. The lowest BCUT2D eigenvalue weighted by atomic mass is 10.00. The van der Waals surface area contributed by atoms with Gasteiger partial charge in [-0.2, -0.15) is 0 Å². The molecule has 102 valence electrons. The zero-order chi connectivity index (χ0) is 14.3. The van der Waals surface area contributed by atoms with Crippen LogP contribution in [0.2, 0.25) is 0 Å². The molecule has 0 radical (unpaired) electrons. The minimum atomic E-state index is -0.481. The van der Waals surface area contributed by atoms with E-state index < -0.39 is 6.04 Å². The maximum atomic E-state index is 13.4. The molecule has 1 aromatic heterocycles. The Morgan fingerprint density at radius 1 is 1.20 bits per heavy atom. The lowest BCUT2D eigenvalue weighted by Gasteiger charge is -2.12. The van der Waals surface area contributed by atoms with Crippen LogP contribution in [0.5, 0.6) is 0 Å². The summed E-state index contributed by atoms with van der Waals surface area (Å²) in [5.41, 5.74) is 8.66. The molecule has 1 heterocycles.